The van der Waals surface area contributed by atoms with Gasteiger partial charge in [0.25, 0.3) is 5.91 Å². The van der Waals surface area contributed by atoms with Gasteiger partial charge in [-0.05, 0) is 37.8 Å². The molecule has 1 saturated carbocycles. The molecule has 1 fully saturated rings. The first kappa shape index (κ1) is 17.6. The van der Waals surface area contributed by atoms with Crippen LogP contribution in [0.2, 0.25) is 0 Å². The Bertz CT molecular complexity index is 506. The number of benzene rings is 1. The molecule has 2 rings (SSSR count). The van der Waals surface area contributed by atoms with Gasteiger partial charge in [0.15, 0.2) is 0 Å². The second-order valence-electron chi connectivity index (χ2n) is 5.42. The van der Waals surface area contributed by atoms with Crippen molar-refractivity contribution in [2.24, 2.45) is 11.7 Å². The molecule has 118 valence electrons. The number of carbonyl (C=O) groups excluding carboxylic acids is 1. The average Bonchev–Trinajstić information content (AvgIpc) is 3.31. The normalized spacial score (nSPS) is 16.4. The molecule has 1 aromatic carbocycles. The molecule has 5 nitrogen and oxygen atoms in total. The molecular weight excluding hydrogens is 292 g/mol. The lowest BCUT2D eigenvalue weighted by molar-refractivity contribution is 0.0894. The molecule has 0 spiro atoms. The third kappa shape index (κ3) is 3.80. The van der Waals surface area contributed by atoms with Crippen molar-refractivity contribution in [1.29, 1.82) is 0 Å². The Labute approximate surface area is 131 Å². The van der Waals surface area contributed by atoms with Crippen molar-refractivity contribution >= 4 is 18.3 Å². The lowest BCUT2D eigenvalue weighted by Gasteiger charge is -2.29. The number of nitrogens with one attached hydrogen (secondary N) is 1. The Balaban J connectivity index is 0.00000220. The molecule has 0 aliphatic heterocycles. The highest BCUT2D eigenvalue weighted by Gasteiger charge is 2.41. The fourth-order valence-corrected chi connectivity index (χ4v) is 2.35. The van der Waals surface area contributed by atoms with E-state index >= 15 is 0 Å². The van der Waals surface area contributed by atoms with E-state index in [-0.39, 0.29) is 23.9 Å². The molecule has 0 bridgehead atoms. The summed E-state index contributed by atoms with van der Waals surface area (Å²) in [6, 6.07) is 5.15. The van der Waals surface area contributed by atoms with Crippen LogP contribution >= 0.6 is 12.4 Å². The topological polar surface area (TPSA) is 73.6 Å². The molecule has 21 heavy (non-hydrogen) atoms. The fourth-order valence-electron chi connectivity index (χ4n) is 2.35. The number of ether oxygens (including phenoxy) is 2. The molecule has 0 aromatic heterocycles. The number of methoxy groups -OCH3 is 2. The van der Waals surface area contributed by atoms with Crippen LogP contribution in [0.5, 0.6) is 11.5 Å². The van der Waals surface area contributed by atoms with Crippen LogP contribution in [-0.4, -0.2) is 32.2 Å². The SMILES string of the molecule is COc1ccc(C(=O)NC(C)(CN)C2CC2)c(OC)c1.Cl. The quantitative estimate of drug-likeness (QED) is 0.842. The minimum absolute atomic E-state index is 0. The van der Waals surface area contributed by atoms with Crippen LogP contribution < -0.4 is 20.5 Å². The molecule has 1 unspecified atom stereocenters. The maximum Gasteiger partial charge on any atom is 0.255 e. The maximum absolute atomic E-state index is 12.4. The molecule has 0 heterocycles. The third-order valence-electron chi connectivity index (χ3n) is 3.95. The Hall–Kier alpha value is -1.46. The lowest BCUT2D eigenvalue weighted by atomic mass is 9.95. The summed E-state index contributed by atoms with van der Waals surface area (Å²) in [5.74, 6) is 1.46. The minimum Gasteiger partial charge on any atom is -0.497 e. The summed E-state index contributed by atoms with van der Waals surface area (Å²) in [4.78, 5) is 12.4. The summed E-state index contributed by atoms with van der Waals surface area (Å²) in [5.41, 5.74) is 5.97. The summed E-state index contributed by atoms with van der Waals surface area (Å²) in [6.07, 6.45) is 2.24. The smallest absolute Gasteiger partial charge is 0.255 e. The van der Waals surface area contributed by atoms with Crippen molar-refractivity contribution in [2.45, 2.75) is 25.3 Å². The van der Waals surface area contributed by atoms with E-state index in [0.717, 1.165) is 12.8 Å². The zero-order valence-corrected chi connectivity index (χ0v) is 13.5. The monoisotopic (exact) mass is 314 g/mol. The summed E-state index contributed by atoms with van der Waals surface area (Å²) >= 11 is 0. The van der Waals surface area contributed by atoms with Crippen molar-refractivity contribution in [1.82, 2.24) is 5.32 Å². The number of rotatable bonds is 6. The Morgan fingerprint density at radius 2 is 2.05 bits per heavy atom. The molecule has 0 radical (unpaired) electrons. The first-order valence-corrected chi connectivity index (χ1v) is 6.78. The third-order valence-corrected chi connectivity index (χ3v) is 3.95. The summed E-state index contributed by atoms with van der Waals surface area (Å²) < 4.78 is 10.4. The van der Waals surface area contributed by atoms with Crippen molar-refractivity contribution in [3.63, 3.8) is 0 Å². The van der Waals surface area contributed by atoms with Gasteiger partial charge in [0.2, 0.25) is 0 Å². The van der Waals surface area contributed by atoms with E-state index in [9.17, 15) is 4.79 Å². The molecule has 1 amide bonds. The highest BCUT2D eigenvalue weighted by molar-refractivity contribution is 5.97. The van der Waals surface area contributed by atoms with Crippen LogP contribution in [0.15, 0.2) is 18.2 Å². The van der Waals surface area contributed by atoms with Gasteiger partial charge < -0.3 is 20.5 Å². The fraction of sp³-hybridized carbons (Fsp3) is 0.533. The standard InChI is InChI=1S/C15H22N2O3.ClH/c1-15(9-16,10-4-5-10)17-14(18)12-7-6-11(19-2)8-13(12)20-3;/h6-8,10H,4-5,9,16H2,1-3H3,(H,17,18);1H. The maximum atomic E-state index is 12.4. The Morgan fingerprint density at radius 3 is 2.52 bits per heavy atom. The van der Waals surface area contributed by atoms with Gasteiger partial charge in [0.05, 0.1) is 25.3 Å². The average molecular weight is 315 g/mol. The molecule has 1 aromatic rings. The predicted molar refractivity (Wildman–Crippen MR) is 84.4 cm³/mol. The zero-order chi connectivity index (χ0) is 14.8. The zero-order valence-electron chi connectivity index (χ0n) is 12.6. The van der Waals surface area contributed by atoms with Crippen molar-refractivity contribution in [3.05, 3.63) is 23.8 Å². The van der Waals surface area contributed by atoms with Gasteiger partial charge in [-0.3, -0.25) is 4.79 Å². The number of carbonyl (C=O) groups is 1. The molecule has 3 N–H and O–H groups in total. The molecule has 6 heteroatoms. The van der Waals surface area contributed by atoms with E-state index in [0.29, 0.717) is 29.5 Å². The van der Waals surface area contributed by atoms with Gasteiger partial charge in [0.1, 0.15) is 11.5 Å². The number of nitrogens with two attached hydrogens (primary N) is 1. The highest BCUT2D eigenvalue weighted by atomic mass is 35.5. The summed E-state index contributed by atoms with van der Waals surface area (Å²) in [5, 5.41) is 3.05. The van der Waals surface area contributed by atoms with Crippen molar-refractivity contribution < 1.29 is 14.3 Å². The van der Waals surface area contributed by atoms with E-state index < -0.39 is 0 Å². The van der Waals surface area contributed by atoms with Crippen LogP contribution in [0.25, 0.3) is 0 Å². The molecule has 0 saturated heterocycles. The van der Waals surface area contributed by atoms with Crippen LogP contribution in [0.1, 0.15) is 30.1 Å². The summed E-state index contributed by atoms with van der Waals surface area (Å²) in [7, 11) is 3.11. The molecule has 1 aliphatic rings. The predicted octanol–water partition coefficient (Wildman–Crippen LogP) is 1.98. The van der Waals surface area contributed by atoms with Crippen LogP contribution in [0.4, 0.5) is 0 Å². The minimum atomic E-state index is -0.345. The Morgan fingerprint density at radius 1 is 1.38 bits per heavy atom. The molecule has 1 aliphatic carbocycles. The number of amides is 1. The van der Waals surface area contributed by atoms with Crippen LogP contribution in [-0.2, 0) is 0 Å². The van der Waals surface area contributed by atoms with Crippen LogP contribution in [0.3, 0.4) is 0 Å². The van der Waals surface area contributed by atoms with E-state index in [2.05, 4.69) is 5.32 Å². The number of hydrogen-bond donors (Lipinski definition) is 2. The summed E-state index contributed by atoms with van der Waals surface area (Å²) in [6.45, 7) is 2.43. The van der Waals surface area contributed by atoms with E-state index in [4.69, 9.17) is 15.2 Å². The van der Waals surface area contributed by atoms with Crippen molar-refractivity contribution in [2.75, 3.05) is 20.8 Å². The second kappa shape index (κ2) is 7.00. The molecular formula is C15H23ClN2O3. The van der Waals surface area contributed by atoms with E-state index in [1.54, 1.807) is 25.3 Å². The molecule has 1 atom stereocenters. The lowest BCUT2D eigenvalue weighted by Crippen LogP contribution is -2.53. The second-order valence-corrected chi connectivity index (χ2v) is 5.42. The van der Waals surface area contributed by atoms with E-state index in [1.165, 1.54) is 7.11 Å². The van der Waals surface area contributed by atoms with Crippen LogP contribution in [0, 0.1) is 5.92 Å². The highest BCUT2D eigenvalue weighted by Crippen LogP contribution is 2.39. The van der Waals surface area contributed by atoms with Gasteiger partial charge >= 0.3 is 0 Å². The van der Waals surface area contributed by atoms with Gasteiger partial charge in [0, 0.05) is 12.6 Å². The van der Waals surface area contributed by atoms with E-state index in [1.807, 2.05) is 6.92 Å². The number of hydrogen-bond acceptors (Lipinski definition) is 4. The largest absolute Gasteiger partial charge is 0.497 e. The van der Waals surface area contributed by atoms with Gasteiger partial charge in [-0.2, -0.15) is 0 Å². The first-order chi connectivity index (χ1) is 9.54. The van der Waals surface area contributed by atoms with Crippen molar-refractivity contribution in [3.8, 4) is 11.5 Å². The Kier molecular flexibility index (Phi) is 5.87. The van der Waals surface area contributed by atoms with Gasteiger partial charge in [-0.1, -0.05) is 0 Å². The first-order valence-electron chi connectivity index (χ1n) is 6.78. The number of halogens is 1. The van der Waals surface area contributed by atoms with Gasteiger partial charge in [-0.15, -0.1) is 12.4 Å². The van der Waals surface area contributed by atoms with Gasteiger partial charge in [-0.25, -0.2) is 0 Å².